The number of hydrogen-bond acceptors (Lipinski definition) is 5. The Labute approximate surface area is 149 Å². The van der Waals surface area contributed by atoms with E-state index in [1.807, 2.05) is 72.4 Å². The molecule has 7 nitrogen and oxygen atoms in total. The molecule has 128 valence electrons. The van der Waals surface area contributed by atoms with Crippen LogP contribution in [0, 0.1) is 0 Å². The van der Waals surface area contributed by atoms with Gasteiger partial charge in [-0.2, -0.15) is 5.10 Å². The van der Waals surface area contributed by atoms with Gasteiger partial charge < -0.3 is 4.57 Å². The van der Waals surface area contributed by atoms with Gasteiger partial charge in [-0.1, -0.05) is 48.5 Å². The second-order valence-electron chi connectivity index (χ2n) is 5.80. The molecule has 4 rings (SSSR count). The minimum Gasteiger partial charge on any atom is -0.350 e. The highest BCUT2D eigenvalue weighted by Crippen LogP contribution is 2.18. The fourth-order valence-corrected chi connectivity index (χ4v) is 2.81. The van der Waals surface area contributed by atoms with Gasteiger partial charge in [-0.25, -0.2) is 5.43 Å². The maximum Gasteiger partial charge on any atom is 0.279 e. The fourth-order valence-electron chi connectivity index (χ4n) is 2.81. The van der Waals surface area contributed by atoms with Crippen molar-refractivity contribution in [1.82, 2.24) is 19.7 Å². The summed E-state index contributed by atoms with van der Waals surface area (Å²) in [5.41, 5.74) is 5.46. The van der Waals surface area contributed by atoms with E-state index in [9.17, 15) is 4.79 Å². The topological polar surface area (TPSA) is 88.0 Å². The van der Waals surface area contributed by atoms with Gasteiger partial charge in [0, 0.05) is 35.3 Å². The number of nitrogens with zero attached hydrogens (tertiary/aromatic N) is 4. The third-order valence-electron chi connectivity index (χ3n) is 4.05. The lowest BCUT2D eigenvalue weighted by Gasteiger charge is -2.01. The zero-order chi connectivity index (χ0) is 17.9. The fraction of sp³-hybridized carbons (Fsp3) is 0.0526. The molecule has 0 radical (unpaired) electrons. The van der Waals surface area contributed by atoms with E-state index in [0.717, 1.165) is 16.5 Å². The van der Waals surface area contributed by atoms with Gasteiger partial charge in [0.2, 0.25) is 5.95 Å². The number of nitrogens with one attached hydrogen (secondary N) is 2. The number of benzene rings is 2. The van der Waals surface area contributed by atoms with Crippen LogP contribution in [0.25, 0.3) is 22.2 Å². The van der Waals surface area contributed by atoms with Crippen molar-refractivity contribution >= 4 is 23.1 Å². The van der Waals surface area contributed by atoms with Crippen molar-refractivity contribution < 1.29 is 0 Å². The Kier molecular flexibility index (Phi) is 4.03. The van der Waals surface area contributed by atoms with Crippen molar-refractivity contribution in [1.29, 1.82) is 0 Å². The van der Waals surface area contributed by atoms with Gasteiger partial charge in [-0.3, -0.25) is 9.78 Å². The van der Waals surface area contributed by atoms with Gasteiger partial charge in [-0.15, -0.1) is 10.2 Å². The zero-order valence-corrected chi connectivity index (χ0v) is 14.0. The Hall–Kier alpha value is -3.74. The van der Waals surface area contributed by atoms with Crippen LogP contribution in [0.3, 0.4) is 0 Å². The van der Waals surface area contributed by atoms with Crippen molar-refractivity contribution in [2.45, 2.75) is 0 Å². The summed E-state index contributed by atoms with van der Waals surface area (Å²) in [6, 6.07) is 17.3. The number of rotatable bonds is 4. The van der Waals surface area contributed by atoms with E-state index in [-0.39, 0.29) is 17.2 Å². The van der Waals surface area contributed by atoms with E-state index in [2.05, 4.69) is 25.7 Å². The maximum absolute atomic E-state index is 12.2. The van der Waals surface area contributed by atoms with Crippen molar-refractivity contribution in [2.24, 2.45) is 12.1 Å². The van der Waals surface area contributed by atoms with Gasteiger partial charge in [0.25, 0.3) is 5.56 Å². The van der Waals surface area contributed by atoms with E-state index >= 15 is 0 Å². The number of para-hydroxylation sites is 1. The van der Waals surface area contributed by atoms with Gasteiger partial charge in [0.1, 0.15) is 0 Å². The third-order valence-corrected chi connectivity index (χ3v) is 4.05. The molecule has 2 aromatic carbocycles. The lowest BCUT2D eigenvalue weighted by Crippen LogP contribution is -2.15. The van der Waals surface area contributed by atoms with Crippen LogP contribution in [0.2, 0.25) is 0 Å². The molecule has 7 heteroatoms. The Morgan fingerprint density at radius 3 is 2.65 bits per heavy atom. The molecular weight excluding hydrogens is 328 g/mol. The number of aromatic nitrogens is 4. The molecule has 0 unspecified atom stereocenters. The Bertz CT molecular complexity index is 1140. The first-order chi connectivity index (χ1) is 12.7. The molecule has 4 aromatic rings. The Morgan fingerprint density at radius 2 is 1.85 bits per heavy atom. The highest BCUT2D eigenvalue weighted by molar-refractivity contribution is 5.99. The minimum atomic E-state index is -0.325. The van der Waals surface area contributed by atoms with Crippen molar-refractivity contribution in [3.8, 4) is 11.3 Å². The highest BCUT2D eigenvalue weighted by atomic mass is 16.1. The molecule has 0 aliphatic heterocycles. The number of aromatic amines is 1. The number of H-pyrrole nitrogens is 1. The third kappa shape index (κ3) is 2.98. The van der Waals surface area contributed by atoms with E-state index in [1.165, 1.54) is 0 Å². The summed E-state index contributed by atoms with van der Waals surface area (Å²) >= 11 is 0. The summed E-state index contributed by atoms with van der Waals surface area (Å²) in [4.78, 5) is 14.8. The SMILES string of the molecule is Cn1cc(/C=N/Nc2nnc(-c3ccccc3)c(=O)[nH]2)c2ccccc21. The van der Waals surface area contributed by atoms with Crippen LogP contribution in [0.5, 0.6) is 0 Å². The average molecular weight is 344 g/mol. The van der Waals surface area contributed by atoms with Crippen LogP contribution in [0.1, 0.15) is 5.56 Å². The first kappa shape index (κ1) is 15.8. The van der Waals surface area contributed by atoms with Crippen molar-refractivity contribution in [2.75, 3.05) is 5.43 Å². The molecule has 0 bridgehead atoms. The molecule has 2 heterocycles. The first-order valence-electron chi connectivity index (χ1n) is 8.08. The van der Waals surface area contributed by atoms with Crippen molar-refractivity contribution in [3.05, 3.63) is 76.7 Å². The second-order valence-corrected chi connectivity index (χ2v) is 5.80. The quantitative estimate of drug-likeness (QED) is 0.440. The lowest BCUT2D eigenvalue weighted by atomic mass is 10.2. The molecule has 0 spiro atoms. The average Bonchev–Trinajstić information content (AvgIpc) is 2.99. The summed E-state index contributed by atoms with van der Waals surface area (Å²) in [5.74, 6) is 0.186. The summed E-state index contributed by atoms with van der Waals surface area (Å²) in [6.07, 6.45) is 3.68. The van der Waals surface area contributed by atoms with E-state index in [1.54, 1.807) is 6.21 Å². The normalized spacial score (nSPS) is 11.3. The van der Waals surface area contributed by atoms with Crippen LogP contribution in [0.15, 0.2) is 70.7 Å². The van der Waals surface area contributed by atoms with Crippen LogP contribution in [-0.4, -0.2) is 26.0 Å². The van der Waals surface area contributed by atoms with Crippen LogP contribution >= 0.6 is 0 Å². The van der Waals surface area contributed by atoms with Crippen LogP contribution < -0.4 is 11.0 Å². The predicted molar refractivity (Wildman–Crippen MR) is 102 cm³/mol. The molecular formula is C19H16N6O. The van der Waals surface area contributed by atoms with Crippen LogP contribution in [-0.2, 0) is 7.05 Å². The smallest absolute Gasteiger partial charge is 0.279 e. The number of hydrogen-bond donors (Lipinski definition) is 2. The molecule has 26 heavy (non-hydrogen) atoms. The Morgan fingerprint density at radius 1 is 1.08 bits per heavy atom. The molecule has 0 fully saturated rings. The summed E-state index contributed by atoms with van der Waals surface area (Å²) < 4.78 is 2.03. The minimum absolute atomic E-state index is 0.186. The van der Waals surface area contributed by atoms with Gasteiger partial charge in [0.05, 0.1) is 6.21 Å². The van der Waals surface area contributed by atoms with Gasteiger partial charge in [-0.05, 0) is 6.07 Å². The van der Waals surface area contributed by atoms with Crippen LogP contribution in [0.4, 0.5) is 5.95 Å². The predicted octanol–water partition coefficient (Wildman–Crippen LogP) is 2.77. The zero-order valence-electron chi connectivity index (χ0n) is 14.0. The molecule has 0 amide bonds. The van der Waals surface area contributed by atoms with E-state index in [0.29, 0.717) is 5.56 Å². The summed E-state index contributed by atoms with van der Waals surface area (Å²) in [6.45, 7) is 0. The second kappa shape index (κ2) is 6.64. The maximum atomic E-state index is 12.2. The lowest BCUT2D eigenvalue weighted by molar-refractivity contribution is 0.946. The van der Waals surface area contributed by atoms with Crippen molar-refractivity contribution in [3.63, 3.8) is 0 Å². The van der Waals surface area contributed by atoms with Gasteiger partial charge in [0.15, 0.2) is 5.69 Å². The molecule has 2 N–H and O–H groups in total. The molecule has 0 aliphatic rings. The molecule has 2 aromatic heterocycles. The molecule has 0 aliphatic carbocycles. The molecule has 0 saturated heterocycles. The monoisotopic (exact) mass is 344 g/mol. The Balaban J connectivity index is 1.55. The van der Waals surface area contributed by atoms with E-state index < -0.39 is 0 Å². The highest BCUT2D eigenvalue weighted by Gasteiger charge is 2.07. The number of hydrazone groups is 1. The summed E-state index contributed by atoms with van der Waals surface area (Å²) in [5, 5.41) is 13.2. The van der Waals surface area contributed by atoms with Gasteiger partial charge >= 0.3 is 0 Å². The molecule has 0 saturated carbocycles. The number of fused-ring (bicyclic) bond motifs is 1. The standard InChI is InChI=1S/C19H16N6O/c1-25-12-14(15-9-5-6-10-16(15)25)11-20-23-19-21-18(26)17(22-24-19)13-7-3-2-4-8-13/h2-12H,1H3,(H2,21,23,24,26)/b20-11+. The first-order valence-corrected chi connectivity index (χ1v) is 8.08. The summed E-state index contributed by atoms with van der Waals surface area (Å²) in [7, 11) is 1.98. The molecule has 0 atom stereocenters. The van der Waals surface area contributed by atoms with E-state index in [4.69, 9.17) is 0 Å². The number of anilines is 1. The number of aryl methyl sites for hydroxylation is 1. The largest absolute Gasteiger partial charge is 0.350 e.